The molecule has 4 aliphatic rings. The molecule has 0 amide bonds. The van der Waals surface area contributed by atoms with Gasteiger partial charge in [0.15, 0.2) is 0 Å². The lowest BCUT2D eigenvalue weighted by atomic mass is 9.64. The fourth-order valence-electron chi connectivity index (χ4n) is 6.48. The van der Waals surface area contributed by atoms with Crippen LogP contribution in [0.25, 0.3) is 21.8 Å². The zero-order valence-electron chi connectivity index (χ0n) is 27.1. The normalized spacial score (nSPS) is 22.8. The first-order valence-corrected chi connectivity index (χ1v) is 15.5. The predicted octanol–water partition coefficient (Wildman–Crippen LogP) is 8.15. The Balaban J connectivity index is 1.22. The molecule has 1 atom stereocenters. The van der Waals surface area contributed by atoms with Crippen LogP contribution < -0.4 is 0 Å². The topological polar surface area (TPSA) is 60.3 Å². The van der Waals surface area contributed by atoms with Gasteiger partial charge in [-0.3, -0.25) is 0 Å². The van der Waals surface area contributed by atoms with Crippen LogP contribution >= 0.6 is 0 Å². The van der Waals surface area contributed by atoms with E-state index in [1.54, 1.807) is 0 Å². The molecule has 44 heavy (non-hydrogen) atoms. The first-order chi connectivity index (χ1) is 20.7. The molecule has 3 aromatic rings. The van der Waals surface area contributed by atoms with Gasteiger partial charge < -0.3 is 32.3 Å². The fraction of sp³-hybridized carbons (Fsp3) is 0.412. The van der Waals surface area contributed by atoms with Crippen LogP contribution in [0.1, 0.15) is 68.3 Å². The maximum Gasteiger partial charge on any atom is 0.774 e. The summed E-state index contributed by atoms with van der Waals surface area (Å²) in [6.45, 7) is 19.5. The molecule has 2 aliphatic carbocycles. The molecule has 2 aliphatic heterocycles. The second kappa shape index (κ2) is 9.76. The summed E-state index contributed by atoms with van der Waals surface area (Å²) in [5, 5.41) is 2.32. The highest BCUT2D eigenvalue weighted by Crippen LogP contribution is 2.53. The van der Waals surface area contributed by atoms with Gasteiger partial charge in [-0.2, -0.15) is 0 Å². The number of nitrogens with zero attached hydrogens (tertiary/aromatic N) is 1. The zero-order chi connectivity index (χ0) is 31.2. The minimum Gasteiger partial charge on any atom is -0.501 e. The lowest BCUT2D eigenvalue weighted by molar-refractivity contribution is 0.130. The SMILES string of the molecule is CC(B(OB1OC2=C(O1)C(C)(C)C(C)(C)C=C2)OB1OC2=C(O1)C(C)(C)C(C)(C)C=C2)n1c2ccccc2c2ccccc21. The van der Waals surface area contributed by atoms with Crippen LogP contribution in [0.5, 0.6) is 0 Å². The number of allylic oxidation sites excluding steroid dienone is 6. The Morgan fingerprint density at radius 3 is 1.48 bits per heavy atom. The van der Waals surface area contributed by atoms with E-state index < -0.39 is 21.8 Å². The van der Waals surface area contributed by atoms with Crippen molar-refractivity contribution in [3.63, 3.8) is 0 Å². The molecule has 0 bridgehead atoms. The zero-order valence-corrected chi connectivity index (χ0v) is 27.1. The molecule has 0 N–H and O–H groups in total. The maximum absolute atomic E-state index is 6.60. The van der Waals surface area contributed by atoms with E-state index in [1.165, 1.54) is 0 Å². The molecule has 0 saturated heterocycles. The van der Waals surface area contributed by atoms with Gasteiger partial charge in [0.05, 0.1) is 5.94 Å². The summed E-state index contributed by atoms with van der Waals surface area (Å²) in [6, 6.07) is 16.8. The second-order valence-corrected chi connectivity index (χ2v) is 14.6. The van der Waals surface area contributed by atoms with Crippen molar-refractivity contribution >= 4 is 43.6 Å². The van der Waals surface area contributed by atoms with Gasteiger partial charge in [0.25, 0.3) is 0 Å². The molecule has 226 valence electrons. The van der Waals surface area contributed by atoms with Crippen LogP contribution in [-0.4, -0.2) is 26.3 Å². The molecule has 10 heteroatoms. The number of hydrogen-bond donors (Lipinski definition) is 0. The van der Waals surface area contributed by atoms with Crippen molar-refractivity contribution in [3.05, 3.63) is 95.9 Å². The molecule has 7 rings (SSSR count). The van der Waals surface area contributed by atoms with Crippen molar-refractivity contribution in [2.24, 2.45) is 21.7 Å². The smallest absolute Gasteiger partial charge is 0.501 e. The van der Waals surface area contributed by atoms with Gasteiger partial charge in [-0.15, -0.1) is 0 Å². The van der Waals surface area contributed by atoms with Crippen molar-refractivity contribution in [1.82, 2.24) is 4.57 Å². The lowest BCUT2D eigenvalue weighted by Crippen LogP contribution is -2.44. The van der Waals surface area contributed by atoms with Gasteiger partial charge in [0.1, 0.15) is 23.0 Å². The van der Waals surface area contributed by atoms with Crippen molar-refractivity contribution in [2.45, 2.75) is 68.3 Å². The van der Waals surface area contributed by atoms with Crippen molar-refractivity contribution in [1.29, 1.82) is 0 Å². The molecule has 2 aromatic carbocycles. The Morgan fingerprint density at radius 1 is 0.636 bits per heavy atom. The third-order valence-electron chi connectivity index (χ3n) is 10.9. The molecular formula is C34H40B3NO6. The standard InChI is InChI=1S/C34H40B3NO6/c1-22(38-25-16-12-10-14-23(25)24-15-11-13-17-26(24)38)35(43-36-39-27-18-20-31(2,3)33(6,7)29(27)41-36)44-37-40-28-19-21-32(4,5)34(8,9)30(28)42-37/h10-22H,1-9H3. The van der Waals surface area contributed by atoms with Crippen molar-refractivity contribution in [2.75, 3.05) is 0 Å². The molecule has 1 aromatic heterocycles. The highest BCUT2D eigenvalue weighted by Gasteiger charge is 2.55. The Labute approximate surface area is 261 Å². The van der Waals surface area contributed by atoms with Crippen molar-refractivity contribution in [3.8, 4) is 0 Å². The number of aromatic nitrogens is 1. The third-order valence-corrected chi connectivity index (χ3v) is 10.9. The first kappa shape index (κ1) is 29.2. The second-order valence-electron chi connectivity index (χ2n) is 14.6. The number of hydrogen-bond acceptors (Lipinski definition) is 6. The highest BCUT2D eigenvalue weighted by molar-refractivity contribution is 6.63. The van der Waals surface area contributed by atoms with E-state index in [0.29, 0.717) is 11.5 Å². The fourth-order valence-corrected chi connectivity index (χ4v) is 6.48. The minimum atomic E-state index is -1.00. The summed E-state index contributed by atoms with van der Waals surface area (Å²) in [6.07, 6.45) is 8.29. The summed E-state index contributed by atoms with van der Waals surface area (Å²) in [7, 11) is -2.87. The van der Waals surface area contributed by atoms with Gasteiger partial charge in [-0.25, -0.2) is 0 Å². The Morgan fingerprint density at radius 2 is 1.05 bits per heavy atom. The minimum absolute atomic E-state index is 0.124. The van der Waals surface area contributed by atoms with Gasteiger partial charge in [-0.1, -0.05) is 104 Å². The van der Waals surface area contributed by atoms with Crippen LogP contribution in [0.2, 0.25) is 0 Å². The number of fused-ring (bicyclic) bond motifs is 3. The largest absolute Gasteiger partial charge is 0.774 e. The Bertz CT molecular complexity index is 1660. The Hall–Kier alpha value is -3.49. The van der Waals surface area contributed by atoms with E-state index in [1.807, 2.05) is 12.2 Å². The molecule has 0 spiro atoms. The molecular weight excluding hydrogens is 551 g/mol. The molecule has 0 saturated carbocycles. The number of rotatable bonds is 6. The first-order valence-electron chi connectivity index (χ1n) is 15.5. The average Bonchev–Trinajstić information content (AvgIpc) is 3.67. The van der Waals surface area contributed by atoms with Crippen LogP contribution in [0.4, 0.5) is 0 Å². The molecule has 0 radical (unpaired) electrons. The van der Waals surface area contributed by atoms with Gasteiger partial charge >= 0.3 is 21.8 Å². The van der Waals surface area contributed by atoms with Crippen molar-refractivity contribution < 1.29 is 27.8 Å². The molecule has 7 nitrogen and oxygen atoms in total. The maximum atomic E-state index is 6.60. The summed E-state index contributed by atoms with van der Waals surface area (Å²) in [5.74, 6) is 2.59. The van der Waals surface area contributed by atoms with E-state index in [-0.39, 0.29) is 27.6 Å². The quantitative estimate of drug-likeness (QED) is 0.270. The molecule has 1 unspecified atom stereocenters. The summed E-state index contributed by atoms with van der Waals surface area (Å²) in [5.41, 5.74) is 1.31. The van der Waals surface area contributed by atoms with Crippen LogP contribution in [0.15, 0.2) is 95.9 Å². The summed E-state index contributed by atoms with van der Waals surface area (Å²) < 4.78 is 40.7. The summed E-state index contributed by atoms with van der Waals surface area (Å²) >= 11 is 0. The predicted molar refractivity (Wildman–Crippen MR) is 175 cm³/mol. The molecule has 3 heterocycles. The summed E-state index contributed by atoms with van der Waals surface area (Å²) in [4.78, 5) is 0. The van der Waals surface area contributed by atoms with Gasteiger partial charge in [-0.05, 0) is 42.0 Å². The monoisotopic (exact) mass is 591 g/mol. The van der Waals surface area contributed by atoms with Crippen LogP contribution in [-0.2, 0) is 27.8 Å². The van der Waals surface area contributed by atoms with Crippen LogP contribution in [0.3, 0.4) is 0 Å². The van der Waals surface area contributed by atoms with E-state index in [4.69, 9.17) is 27.8 Å². The third kappa shape index (κ3) is 4.28. The van der Waals surface area contributed by atoms with E-state index in [9.17, 15) is 0 Å². The van der Waals surface area contributed by atoms with E-state index in [0.717, 1.165) is 33.3 Å². The Kier molecular flexibility index (Phi) is 6.48. The van der Waals surface area contributed by atoms with Crippen LogP contribution in [0, 0.1) is 21.7 Å². The highest BCUT2D eigenvalue weighted by atomic mass is 16.8. The number of benzene rings is 2. The van der Waals surface area contributed by atoms with E-state index in [2.05, 4.69) is 128 Å². The van der Waals surface area contributed by atoms with Gasteiger partial charge in [0, 0.05) is 32.6 Å². The number of para-hydroxylation sites is 2. The van der Waals surface area contributed by atoms with Gasteiger partial charge in [0.2, 0.25) is 0 Å². The average molecular weight is 591 g/mol. The molecule has 0 fully saturated rings. The van der Waals surface area contributed by atoms with E-state index >= 15 is 0 Å². The lowest BCUT2D eigenvalue weighted by Gasteiger charge is -2.41.